The Balaban J connectivity index is 2.30. The van der Waals surface area contributed by atoms with Crippen LogP contribution in [0.3, 0.4) is 0 Å². The molecule has 0 unspecified atom stereocenters. The number of nitrogens with one attached hydrogen (secondary N) is 2. The number of aromatic nitrogens is 1. The van der Waals surface area contributed by atoms with Crippen LogP contribution in [-0.4, -0.2) is 34.9 Å². The zero-order chi connectivity index (χ0) is 12.4. The minimum Gasteiger partial charge on any atom is -0.297 e. The summed E-state index contributed by atoms with van der Waals surface area (Å²) in [5.74, 6) is -0.124. The van der Waals surface area contributed by atoms with Crippen molar-refractivity contribution in [3.63, 3.8) is 0 Å². The third kappa shape index (κ3) is 2.44. The van der Waals surface area contributed by atoms with Gasteiger partial charge < -0.3 is 0 Å². The Kier molecular flexibility index (Phi) is 3.38. The molecule has 0 aliphatic carbocycles. The Bertz CT molecular complexity index is 480. The van der Waals surface area contributed by atoms with Crippen LogP contribution < -0.4 is 5.49 Å². The van der Waals surface area contributed by atoms with Gasteiger partial charge in [0.25, 0.3) is 0 Å². The van der Waals surface area contributed by atoms with Gasteiger partial charge in [0, 0.05) is 6.20 Å². The summed E-state index contributed by atoms with van der Waals surface area (Å²) >= 11 is 0. The molecule has 92 valence electrons. The zero-order valence-electron chi connectivity index (χ0n) is 9.91. The molecular formula is C12H17FN4. The summed E-state index contributed by atoms with van der Waals surface area (Å²) in [5, 5.41) is 15.8. The average Bonchev–Trinajstić information content (AvgIpc) is 2.32. The van der Waals surface area contributed by atoms with E-state index in [1.54, 1.807) is 0 Å². The Morgan fingerprint density at radius 1 is 1.41 bits per heavy atom. The van der Waals surface area contributed by atoms with Gasteiger partial charge in [-0.2, -0.15) is 0 Å². The fraction of sp³-hybridized carbons (Fsp3) is 0.500. The fourth-order valence-corrected chi connectivity index (χ4v) is 2.26. The number of nitrogens with zero attached hydrogens (tertiary/aromatic N) is 2. The summed E-state index contributed by atoms with van der Waals surface area (Å²) in [5.41, 5.74) is 0.148. The third-order valence-corrected chi connectivity index (χ3v) is 3.26. The first-order valence-corrected chi connectivity index (χ1v) is 5.81. The molecule has 1 aliphatic heterocycles. The lowest BCUT2D eigenvalue weighted by molar-refractivity contribution is 0.231. The molecule has 2 heterocycles. The maximum absolute atomic E-state index is 13.2. The minimum atomic E-state index is -0.413. The number of rotatable bonds is 1. The van der Waals surface area contributed by atoms with Crippen molar-refractivity contribution in [2.24, 2.45) is 0 Å². The minimum absolute atomic E-state index is 0.0142. The smallest absolute Gasteiger partial charge is 0.140 e. The lowest BCUT2D eigenvalue weighted by Crippen LogP contribution is -2.46. The summed E-state index contributed by atoms with van der Waals surface area (Å²) in [6.07, 6.45) is 4.34. The highest BCUT2D eigenvalue weighted by molar-refractivity contribution is 5.86. The SMILES string of the molecule is CN1CCCC[C@H]1C(=N)n1cc(F)ccc1=N. The summed E-state index contributed by atoms with van der Waals surface area (Å²) in [7, 11) is 1.97. The first-order valence-electron chi connectivity index (χ1n) is 5.81. The van der Waals surface area contributed by atoms with Crippen LogP contribution in [0.4, 0.5) is 4.39 Å². The molecule has 1 saturated heterocycles. The Hall–Kier alpha value is -1.49. The zero-order valence-corrected chi connectivity index (χ0v) is 9.91. The van der Waals surface area contributed by atoms with Crippen molar-refractivity contribution in [1.82, 2.24) is 9.47 Å². The Labute approximate surface area is 99.7 Å². The number of likely N-dealkylation sites (tertiary alicyclic amines) is 1. The monoisotopic (exact) mass is 236 g/mol. The van der Waals surface area contributed by atoms with Crippen LogP contribution in [0.5, 0.6) is 0 Å². The summed E-state index contributed by atoms with van der Waals surface area (Å²) < 4.78 is 14.5. The molecule has 1 aromatic rings. The van der Waals surface area contributed by atoms with Gasteiger partial charge in [0.05, 0.1) is 6.04 Å². The first-order chi connectivity index (χ1) is 8.09. The molecule has 0 radical (unpaired) electrons. The summed E-state index contributed by atoms with van der Waals surface area (Å²) in [6.45, 7) is 0.955. The van der Waals surface area contributed by atoms with Crippen LogP contribution in [0.2, 0.25) is 0 Å². The summed E-state index contributed by atoms with van der Waals surface area (Å²) in [4.78, 5) is 2.10. The number of hydrogen-bond donors (Lipinski definition) is 2. The molecular weight excluding hydrogens is 219 g/mol. The van der Waals surface area contributed by atoms with E-state index in [-0.39, 0.29) is 17.4 Å². The van der Waals surface area contributed by atoms with Crippen LogP contribution >= 0.6 is 0 Å². The lowest BCUT2D eigenvalue weighted by atomic mass is 10.0. The second kappa shape index (κ2) is 4.79. The topological polar surface area (TPSA) is 55.9 Å². The molecule has 1 aromatic heterocycles. The quantitative estimate of drug-likeness (QED) is 0.562. The fourth-order valence-electron chi connectivity index (χ4n) is 2.26. The van der Waals surface area contributed by atoms with Crippen LogP contribution in [0.15, 0.2) is 18.3 Å². The summed E-state index contributed by atoms with van der Waals surface area (Å²) in [6, 6.07) is 2.61. The van der Waals surface area contributed by atoms with Crippen molar-refractivity contribution in [2.75, 3.05) is 13.6 Å². The van der Waals surface area contributed by atoms with E-state index in [2.05, 4.69) is 4.90 Å². The van der Waals surface area contributed by atoms with Crippen molar-refractivity contribution in [2.45, 2.75) is 25.3 Å². The van der Waals surface area contributed by atoms with E-state index in [0.717, 1.165) is 25.8 Å². The number of hydrogen-bond acceptors (Lipinski definition) is 3. The van der Waals surface area contributed by atoms with E-state index in [9.17, 15) is 4.39 Å². The molecule has 1 aliphatic rings. The molecule has 0 amide bonds. The molecule has 0 spiro atoms. The Morgan fingerprint density at radius 3 is 2.88 bits per heavy atom. The molecule has 5 heteroatoms. The standard InChI is InChI=1S/C12H17FN4/c1-16-7-3-2-4-10(16)12(15)17-8-9(13)5-6-11(17)14/h5-6,8,10,14-15H,2-4,7H2,1H3/t10-/m0/s1. The molecule has 0 aromatic carbocycles. The van der Waals surface area contributed by atoms with Crippen molar-refractivity contribution in [3.05, 3.63) is 29.6 Å². The molecule has 0 saturated carbocycles. The highest BCUT2D eigenvalue weighted by Crippen LogP contribution is 2.16. The van der Waals surface area contributed by atoms with Crippen LogP contribution in [0, 0.1) is 16.6 Å². The van der Waals surface area contributed by atoms with Gasteiger partial charge in [-0.1, -0.05) is 6.42 Å². The van der Waals surface area contributed by atoms with E-state index in [1.807, 2.05) is 7.05 Å². The molecule has 4 nitrogen and oxygen atoms in total. The van der Waals surface area contributed by atoms with Gasteiger partial charge in [0.2, 0.25) is 0 Å². The average molecular weight is 236 g/mol. The largest absolute Gasteiger partial charge is 0.297 e. The normalized spacial score (nSPS) is 21.4. The molecule has 2 rings (SSSR count). The highest BCUT2D eigenvalue weighted by atomic mass is 19.1. The van der Waals surface area contributed by atoms with Crippen molar-refractivity contribution in [1.29, 1.82) is 10.8 Å². The first kappa shape index (κ1) is 12.0. The van der Waals surface area contributed by atoms with E-state index < -0.39 is 5.82 Å². The van der Waals surface area contributed by atoms with Gasteiger partial charge in [-0.15, -0.1) is 0 Å². The van der Waals surface area contributed by atoms with Gasteiger partial charge in [0.15, 0.2) is 0 Å². The van der Waals surface area contributed by atoms with Crippen molar-refractivity contribution >= 4 is 5.84 Å². The number of piperidine rings is 1. The van der Waals surface area contributed by atoms with Crippen molar-refractivity contribution in [3.8, 4) is 0 Å². The molecule has 0 bridgehead atoms. The van der Waals surface area contributed by atoms with Gasteiger partial charge in [-0.05, 0) is 38.6 Å². The third-order valence-electron chi connectivity index (χ3n) is 3.26. The number of halogens is 1. The van der Waals surface area contributed by atoms with Crippen LogP contribution in [0.1, 0.15) is 19.3 Å². The molecule has 17 heavy (non-hydrogen) atoms. The highest BCUT2D eigenvalue weighted by Gasteiger charge is 2.24. The van der Waals surface area contributed by atoms with E-state index >= 15 is 0 Å². The second-order valence-corrected chi connectivity index (χ2v) is 4.48. The van der Waals surface area contributed by atoms with E-state index in [1.165, 1.54) is 22.9 Å². The second-order valence-electron chi connectivity index (χ2n) is 4.48. The van der Waals surface area contributed by atoms with Gasteiger partial charge in [0.1, 0.15) is 17.1 Å². The maximum atomic E-state index is 13.2. The molecule has 2 N–H and O–H groups in total. The van der Waals surface area contributed by atoms with Crippen molar-refractivity contribution < 1.29 is 4.39 Å². The van der Waals surface area contributed by atoms with Gasteiger partial charge in [-0.3, -0.25) is 20.3 Å². The van der Waals surface area contributed by atoms with Crippen LogP contribution in [-0.2, 0) is 0 Å². The van der Waals surface area contributed by atoms with E-state index in [0.29, 0.717) is 0 Å². The Morgan fingerprint density at radius 2 is 2.18 bits per heavy atom. The number of pyridine rings is 1. The van der Waals surface area contributed by atoms with E-state index in [4.69, 9.17) is 10.8 Å². The van der Waals surface area contributed by atoms with Crippen LogP contribution in [0.25, 0.3) is 0 Å². The van der Waals surface area contributed by atoms with Gasteiger partial charge in [-0.25, -0.2) is 4.39 Å². The lowest BCUT2D eigenvalue weighted by Gasteiger charge is -2.33. The predicted molar refractivity (Wildman–Crippen MR) is 63.6 cm³/mol. The van der Waals surface area contributed by atoms with Gasteiger partial charge >= 0.3 is 0 Å². The predicted octanol–water partition coefficient (Wildman–Crippen LogP) is 1.42. The number of likely N-dealkylation sites (N-methyl/N-ethyl adjacent to an activating group) is 1. The maximum Gasteiger partial charge on any atom is 0.140 e. The molecule has 1 fully saturated rings. The molecule has 1 atom stereocenters.